The van der Waals surface area contributed by atoms with E-state index in [0.717, 1.165) is 27.5 Å². The molecule has 0 unspecified atom stereocenters. The zero-order valence-electron chi connectivity index (χ0n) is 24.0. The van der Waals surface area contributed by atoms with Gasteiger partial charge in [-0.05, 0) is 83.0 Å². The van der Waals surface area contributed by atoms with Crippen molar-refractivity contribution in [2.24, 2.45) is 5.10 Å². The summed E-state index contributed by atoms with van der Waals surface area (Å²) in [6, 6.07) is 19.6. The van der Waals surface area contributed by atoms with Crippen LogP contribution in [0.25, 0.3) is 0 Å². The van der Waals surface area contributed by atoms with Crippen molar-refractivity contribution in [1.82, 2.24) is 4.90 Å². The van der Waals surface area contributed by atoms with Crippen LogP contribution in [-0.4, -0.2) is 46.2 Å². The topological polar surface area (TPSA) is 84.6 Å². The summed E-state index contributed by atoms with van der Waals surface area (Å²) in [7, 11) is 0. The van der Waals surface area contributed by atoms with Gasteiger partial charge in [0.2, 0.25) is 5.90 Å². The van der Waals surface area contributed by atoms with Gasteiger partial charge in [-0.3, -0.25) is 14.5 Å². The Balaban J connectivity index is 1.48. The van der Waals surface area contributed by atoms with Gasteiger partial charge >= 0.3 is 5.97 Å². The average molecular weight is 564 g/mol. The second-order valence-electron chi connectivity index (χ2n) is 11.3. The number of ether oxygens (including phenoxy) is 2. The number of hydrogen-bond acceptors (Lipinski definition) is 8. The number of hydrazone groups is 1. The van der Waals surface area contributed by atoms with Crippen LogP contribution in [0.4, 0.5) is 5.69 Å². The fourth-order valence-corrected chi connectivity index (χ4v) is 5.10. The van der Waals surface area contributed by atoms with Crippen LogP contribution >= 0.6 is 11.8 Å². The minimum Gasteiger partial charge on any atom is -0.469 e. The molecule has 0 atom stereocenters. The minimum atomic E-state index is -0.725. The van der Waals surface area contributed by atoms with Crippen LogP contribution in [0.15, 0.2) is 81.3 Å². The van der Waals surface area contributed by atoms with E-state index in [1.165, 1.54) is 16.8 Å². The van der Waals surface area contributed by atoms with Gasteiger partial charge < -0.3 is 13.9 Å². The standard InChI is InChI=1S/C31H37N3O5S/c1-22-10-7-8-12-26(22)34-28(35)21-38-27(32-34)20-33(19-24-11-9-17-37-24)18-23-13-15-25(16-14-23)40-31(5,6)29(36)39-30(2,3)4/h7-17H,18-21H2,1-6H3. The van der Waals surface area contributed by atoms with Crippen molar-refractivity contribution in [3.63, 3.8) is 0 Å². The lowest BCUT2D eigenvalue weighted by atomic mass is 10.1. The van der Waals surface area contributed by atoms with Crippen molar-refractivity contribution in [1.29, 1.82) is 0 Å². The van der Waals surface area contributed by atoms with Crippen LogP contribution < -0.4 is 5.01 Å². The molecule has 0 N–H and O–H groups in total. The number of furan rings is 1. The summed E-state index contributed by atoms with van der Waals surface area (Å²) >= 11 is 1.47. The summed E-state index contributed by atoms with van der Waals surface area (Å²) in [4.78, 5) is 28.4. The van der Waals surface area contributed by atoms with Gasteiger partial charge in [0.05, 0.1) is 25.0 Å². The lowest BCUT2D eigenvalue weighted by Crippen LogP contribution is -2.41. The summed E-state index contributed by atoms with van der Waals surface area (Å²) < 4.78 is 16.2. The predicted molar refractivity (Wildman–Crippen MR) is 157 cm³/mol. The molecule has 0 saturated carbocycles. The molecule has 0 fully saturated rings. The van der Waals surface area contributed by atoms with Gasteiger partial charge in [-0.15, -0.1) is 16.9 Å². The molecule has 9 heteroatoms. The molecule has 0 spiro atoms. The zero-order chi connectivity index (χ0) is 28.9. The van der Waals surface area contributed by atoms with Gasteiger partial charge in [-0.25, -0.2) is 0 Å². The van der Waals surface area contributed by atoms with E-state index in [-0.39, 0.29) is 18.5 Å². The zero-order valence-corrected chi connectivity index (χ0v) is 24.8. The highest BCUT2D eigenvalue weighted by Crippen LogP contribution is 2.35. The van der Waals surface area contributed by atoms with Crippen molar-refractivity contribution >= 4 is 35.2 Å². The number of rotatable bonds is 10. The van der Waals surface area contributed by atoms with Crippen LogP contribution in [0.1, 0.15) is 51.5 Å². The molecule has 2 heterocycles. The predicted octanol–water partition coefficient (Wildman–Crippen LogP) is 6.18. The van der Waals surface area contributed by atoms with E-state index in [9.17, 15) is 9.59 Å². The van der Waals surface area contributed by atoms with Gasteiger partial charge in [-0.2, -0.15) is 5.01 Å². The normalized spacial score (nSPS) is 14.2. The molecule has 0 aliphatic carbocycles. The molecule has 3 aromatic rings. The second kappa shape index (κ2) is 12.3. The van der Waals surface area contributed by atoms with Crippen LogP contribution in [0.2, 0.25) is 0 Å². The van der Waals surface area contributed by atoms with E-state index in [2.05, 4.69) is 22.1 Å². The maximum atomic E-state index is 12.7. The fraction of sp³-hybridized carbons (Fsp3) is 0.387. The maximum Gasteiger partial charge on any atom is 0.322 e. The number of aryl methyl sites for hydroxylation is 1. The number of thioether (sulfide) groups is 1. The Morgan fingerprint density at radius 2 is 1.73 bits per heavy atom. The number of carbonyl (C=O) groups excluding carboxylic acids is 2. The first-order valence-electron chi connectivity index (χ1n) is 13.2. The van der Waals surface area contributed by atoms with E-state index < -0.39 is 10.3 Å². The van der Waals surface area contributed by atoms with Gasteiger partial charge in [0, 0.05) is 11.4 Å². The Hall–Kier alpha value is -3.56. The first-order chi connectivity index (χ1) is 18.9. The molecular formula is C31H37N3O5S. The lowest BCUT2D eigenvalue weighted by molar-refractivity contribution is -0.156. The smallest absolute Gasteiger partial charge is 0.322 e. The van der Waals surface area contributed by atoms with Crippen LogP contribution in [-0.2, 0) is 32.2 Å². The van der Waals surface area contributed by atoms with Gasteiger partial charge in [0.1, 0.15) is 16.1 Å². The quantitative estimate of drug-likeness (QED) is 0.215. The van der Waals surface area contributed by atoms with E-state index in [1.807, 2.05) is 90.1 Å². The largest absolute Gasteiger partial charge is 0.469 e. The van der Waals surface area contributed by atoms with E-state index >= 15 is 0 Å². The molecule has 1 aromatic heterocycles. The number of anilines is 1. The molecule has 8 nitrogen and oxygen atoms in total. The van der Waals surface area contributed by atoms with Crippen LogP contribution in [0.5, 0.6) is 0 Å². The third-order valence-electron chi connectivity index (χ3n) is 6.07. The number of carbonyl (C=O) groups is 2. The van der Waals surface area contributed by atoms with Gasteiger partial charge in [-0.1, -0.05) is 30.3 Å². The maximum absolute atomic E-state index is 12.7. The SMILES string of the molecule is Cc1ccccc1N1N=C(CN(Cc2ccc(SC(C)(C)C(=O)OC(C)(C)C)cc2)Cc2ccco2)OCC1=O. The van der Waals surface area contributed by atoms with E-state index in [1.54, 1.807) is 6.26 Å². The number of nitrogens with zero attached hydrogens (tertiary/aromatic N) is 3. The summed E-state index contributed by atoms with van der Waals surface area (Å²) in [5.74, 6) is 0.818. The Morgan fingerprint density at radius 1 is 1.00 bits per heavy atom. The molecule has 1 aliphatic rings. The summed E-state index contributed by atoms with van der Waals surface area (Å²) in [5, 5.41) is 5.99. The third kappa shape index (κ3) is 7.99. The van der Waals surface area contributed by atoms with Crippen molar-refractivity contribution < 1.29 is 23.5 Å². The molecule has 0 bridgehead atoms. The molecule has 4 rings (SSSR count). The molecule has 212 valence electrons. The van der Waals surface area contributed by atoms with Crippen molar-refractivity contribution in [3.05, 3.63) is 83.8 Å². The van der Waals surface area contributed by atoms with Gasteiger partial charge in [0.25, 0.3) is 5.91 Å². The highest BCUT2D eigenvalue weighted by Gasteiger charge is 2.33. The first kappa shape index (κ1) is 29.4. The summed E-state index contributed by atoms with van der Waals surface area (Å²) in [6.07, 6.45) is 1.65. The Morgan fingerprint density at radius 3 is 2.38 bits per heavy atom. The number of para-hydroxylation sites is 1. The third-order valence-corrected chi connectivity index (χ3v) is 7.25. The molecule has 0 saturated heterocycles. The van der Waals surface area contributed by atoms with Crippen molar-refractivity contribution in [2.75, 3.05) is 18.2 Å². The molecule has 0 radical (unpaired) electrons. The lowest BCUT2D eigenvalue weighted by Gasteiger charge is -2.28. The number of esters is 1. The first-order valence-corrected chi connectivity index (χ1v) is 14.1. The Labute approximate surface area is 240 Å². The summed E-state index contributed by atoms with van der Waals surface area (Å²) in [6.45, 7) is 12.8. The van der Waals surface area contributed by atoms with Crippen molar-refractivity contribution in [2.45, 2.75) is 69.9 Å². The number of hydrogen-bond donors (Lipinski definition) is 0. The highest BCUT2D eigenvalue weighted by atomic mass is 32.2. The molecule has 1 aliphatic heterocycles. The highest BCUT2D eigenvalue weighted by molar-refractivity contribution is 8.01. The summed E-state index contributed by atoms with van der Waals surface area (Å²) in [5.41, 5.74) is 2.25. The second-order valence-corrected chi connectivity index (χ2v) is 13.0. The average Bonchev–Trinajstić information content (AvgIpc) is 3.39. The van der Waals surface area contributed by atoms with E-state index in [4.69, 9.17) is 13.9 Å². The monoisotopic (exact) mass is 563 g/mol. The molecule has 2 aromatic carbocycles. The van der Waals surface area contributed by atoms with Crippen molar-refractivity contribution in [3.8, 4) is 0 Å². The number of benzene rings is 2. The number of amides is 1. The van der Waals surface area contributed by atoms with Gasteiger partial charge in [0.15, 0.2) is 6.61 Å². The Bertz CT molecular complexity index is 1340. The van der Waals surface area contributed by atoms with Crippen LogP contribution in [0, 0.1) is 6.92 Å². The molecular weight excluding hydrogens is 526 g/mol. The molecule has 40 heavy (non-hydrogen) atoms. The van der Waals surface area contributed by atoms with E-state index in [0.29, 0.717) is 25.5 Å². The molecule has 1 amide bonds. The Kier molecular flexibility index (Phi) is 9.05. The van der Waals surface area contributed by atoms with Crippen LogP contribution in [0.3, 0.4) is 0 Å². The fourth-order valence-electron chi connectivity index (χ4n) is 4.11. The minimum absolute atomic E-state index is 0.0683.